The van der Waals surface area contributed by atoms with E-state index in [4.69, 9.17) is 4.42 Å². The largest absolute Gasteiger partial charge is 0.455 e. The molecule has 0 N–H and O–H groups in total. The first kappa shape index (κ1) is 27.7. The van der Waals surface area contributed by atoms with E-state index in [9.17, 15) is 0 Å². The first-order valence-corrected chi connectivity index (χ1v) is 16.8. The van der Waals surface area contributed by atoms with Gasteiger partial charge in [0.1, 0.15) is 11.2 Å². The second kappa shape index (κ2) is 11.1. The van der Waals surface area contributed by atoms with Crippen molar-refractivity contribution in [2.24, 2.45) is 0 Å². The average Bonchev–Trinajstić information content (AvgIpc) is 3.55. The fraction of sp³-hybridized carbons (Fsp3) is 0. The number of furan rings is 1. The second-order valence-electron chi connectivity index (χ2n) is 12.8. The van der Waals surface area contributed by atoms with Crippen LogP contribution in [0.5, 0.6) is 0 Å². The Morgan fingerprint density at radius 2 is 0.878 bits per heavy atom. The molecule has 0 spiro atoms. The van der Waals surface area contributed by atoms with Gasteiger partial charge in [0.05, 0.1) is 0 Å². The molecule has 0 aliphatic rings. The molecule has 1 nitrogen and oxygen atoms in total. The van der Waals surface area contributed by atoms with E-state index in [1.54, 1.807) is 0 Å². The minimum absolute atomic E-state index is 0.905. The molecular formula is C48H30O. The van der Waals surface area contributed by atoms with Crippen molar-refractivity contribution < 1.29 is 4.42 Å². The molecule has 0 atom stereocenters. The van der Waals surface area contributed by atoms with E-state index in [0.717, 1.165) is 33.1 Å². The molecule has 10 aromatic rings. The van der Waals surface area contributed by atoms with Gasteiger partial charge in [-0.1, -0.05) is 158 Å². The van der Waals surface area contributed by atoms with Gasteiger partial charge in [0.15, 0.2) is 0 Å². The van der Waals surface area contributed by atoms with E-state index in [0.29, 0.717) is 0 Å². The average molecular weight is 623 g/mol. The third-order valence-electron chi connectivity index (χ3n) is 10.0. The van der Waals surface area contributed by atoms with Crippen molar-refractivity contribution >= 4 is 54.3 Å². The minimum Gasteiger partial charge on any atom is -0.455 e. The number of fused-ring (bicyclic) bond motifs is 6. The van der Waals surface area contributed by atoms with Gasteiger partial charge in [0.2, 0.25) is 0 Å². The van der Waals surface area contributed by atoms with Crippen LogP contribution in [0, 0.1) is 0 Å². The molecule has 1 aromatic heterocycles. The predicted molar refractivity (Wildman–Crippen MR) is 208 cm³/mol. The lowest BCUT2D eigenvalue weighted by atomic mass is 9.83. The van der Waals surface area contributed by atoms with Crippen LogP contribution in [0.25, 0.3) is 98.8 Å². The Morgan fingerprint density at radius 3 is 1.67 bits per heavy atom. The molecule has 1 heterocycles. The molecule has 10 rings (SSSR count). The molecule has 0 saturated carbocycles. The lowest BCUT2D eigenvalue weighted by Crippen LogP contribution is -1.92. The van der Waals surface area contributed by atoms with Crippen molar-refractivity contribution in [2.75, 3.05) is 0 Å². The van der Waals surface area contributed by atoms with Crippen LogP contribution >= 0.6 is 0 Å². The van der Waals surface area contributed by atoms with Gasteiger partial charge in [-0.25, -0.2) is 0 Å². The SMILES string of the molecule is c1ccc(-c2c3ccccc3c(-c3cccc4ccccc34)c3ccc(-c4cc(-c5ccccc5)c5oc6ccccc6c5c4)cc23)cc1. The Bertz CT molecular complexity index is 2850. The summed E-state index contributed by atoms with van der Waals surface area (Å²) in [5, 5.41) is 9.77. The van der Waals surface area contributed by atoms with Crippen LogP contribution < -0.4 is 0 Å². The lowest BCUT2D eigenvalue weighted by molar-refractivity contribution is 0.670. The van der Waals surface area contributed by atoms with Crippen molar-refractivity contribution in [3.05, 3.63) is 182 Å². The summed E-state index contributed by atoms with van der Waals surface area (Å²) in [6, 6.07) is 65.8. The first-order valence-electron chi connectivity index (χ1n) is 16.8. The van der Waals surface area contributed by atoms with Gasteiger partial charge in [-0.3, -0.25) is 0 Å². The molecule has 0 radical (unpaired) electrons. The highest BCUT2D eigenvalue weighted by molar-refractivity contribution is 6.24. The Balaban J connectivity index is 1.33. The number of rotatable bonds is 4. The number of hydrogen-bond acceptors (Lipinski definition) is 1. The zero-order valence-electron chi connectivity index (χ0n) is 26.7. The van der Waals surface area contributed by atoms with Crippen molar-refractivity contribution in [1.29, 1.82) is 0 Å². The standard InChI is InChI=1S/C48H30O/c1-3-14-32(15-4-1)42-29-35(30-44-37-21-11-12-25-45(37)49-48(42)44)34-26-27-41-43(28-34)46(33-17-5-2-6-18-33)39-22-9-10-23-40(39)47(41)38-24-13-19-31-16-7-8-20-36(31)38/h1-30H. The Hall–Kier alpha value is -6.44. The summed E-state index contributed by atoms with van der Waals surface area (Å²) in [5.41, 5.74) is 11.4. The highest BCUT2D eigenvalue weighted by Gasteiger charge is 2.20. The number of benzene rings is 9. The summed E-state index contributed by atoms with van der Waals surface area (Å²) in [4.78, 5) is 0. The fourth-order valence-electron chi connectivity index (χ4n) is 7.83. The van der Waals surface area contributed by atoms with Gasteiger partial charge >= 0.3 is 0 Å². The van der Waals surface area contributed by atoms with Crippen molar-refractivity contribution in [3.63, 3.8) is 0 Å². The molecule has 1 heteroatoms. The molecule has 0 unspecified atom stereocenters. The highest BCUT2D eigenvalue weighted by atomic mass is 16.3. The maximum atomic E-state index is 6.52. The van der Waals surface area contributed by atoms with E-state index < -0.39 is 0 Å². The number of hydrogen-bond donors (Lipinski definition) is 0. The topological polar surface area (TPSA) is 13.1 Å². The summed E-state index contributed by atoms with van der Waals surface area (Å²) in [6.07, 6.45) is 0. The lowest BCUT2D eigenvalue weighted by Gasteiger charge is -2.20. The summed E-state index contributed by atoms with van der Waals surface area (Å²) < 4.78 is 6.52. The predicted octanol–water partition coefficient (Wildman–Crippen LogP) is 13.7. The summed E-state index contributed by atoms with van der Waals surface area (Å²) in [5.74, 6) is 0. The van der Waals surface area contributed by atoms with Gasteiger partial charge < -0.3 is 4.42 Å². The van der Waals surface area contributed by atoms with Crippen LogP contribution in [0.2, 0.25) is 0 Å². The van der Waals surface area contributed by atoms with Crippen LogP contribution in [-0.4, -0.2) is 0 Å². The zero-order chi connectivity index (χ0) is 32.3. The first-order chi connectivity index (χ1) is 24.3. The van der Waals surface area contributed by atoms with E-state index in [2.05, 4.69) is 176 Å². The number of para-hydroxylation sites is 1. The van der Waals surface area contributed by atoms with Crippen LogP contribution in [0.15, 0.2) is 186 Å². The minimum atomic E-state index is 0.905. The van der Waals surface area contributed by atoms with Crippen LogP contribution in [0.1, 0.15) is 0 Å². The molecule has 0 saturated heterocycles. The second-order valence-corrected chi connectivity index (χ2v) is 12.8. The van der Waals surface area contributed by atoms with Gasteiger partial charge in [-0.05, 0) is 95.5 Å². The molecule has 0 aliphatic heterocycles. The fourth-order valence-corrected chi connectivity index (χ4v) is 7.83. The Labute approximate surface area is 284 Å². The smallest absolute Gasteiger partial charge is 0.143 e. The molecular weight excluding hydrogens is 593 g/mol. The maximum Gasteiger partial charge on any atom is 0.143 e. The van der Waals surface area contributed by atoms with Gasteiger partial charge in [0.25, 0.3) is 0 Å². The monoisotopic (exact) mass is 622 g/mol. The van der Waals surface area contributed by atoms with E-state index in [1.165, 1.54) is 65.7 Å². The normalized spacial score (nSPS) is 11.7. The maximum absolute atomic E-state index is 6.52. The third kappa shape index (κ3) is 4.40. The summed E-state index contributed by atoms with van der Waals surface area (Å²) in [6.45, 7) is 0. The molecule has 9 aromatic carbocycles. The van der Waals surface area contributed by atoms with Crippen LogP contribution in [-0.2, 0) is 0 Å². The van der Waals surface area contributed by atoms with Gasteiger partial charge in [0, 0.05) is 16.3 Å². The van der Waals surface area contributed by atoms with E-state index in [1.807, 2.05) is 6.07 Å². The Morgan fingerprint density at radius 1 is 0.286 bits per heavy atom. The van der Waals surface area contributed by atoms with Gasteiger partial charge in [-0.2, -0.15) is 0 Å². The van der Waals surface area contributed by atoms with Gasteiger partial charge in [-0.15, -0.1) is 0 Å². The van der Waals surface area contributed by atoms with E-state index in [-0.39, 0.29) is 0 Å². The van der Waals surface area contributed by atoms with Crippen molar-refractivity contribution in [3.8, 4) is 44.5 Å². The van der Waals surface area contributed by atoms with Crippen molar-refractivity contribution in [2.45, 2.75) is 0 Å². The van der Waals surface area contributed by atoms with Crippen molar-refractivity contribution in [1.82, 2.24) is 0 Å². The molecule has 0 bridgehead atoms. The van der Waals surface area contributed by atoms with E-state index >= 15 is 0 Å². The van der Waals surface area contributed by atoms with Crippen LogP contribution in [0.4, 0.5) is 0 Å². The summed E-state index contributed by atoms with van der Waals surface area (Å²) >= 11 is 0. The molecule has 0 fully saturated rings. The zero-order valence-corrected chi connectivity index (χ0v) is 26.7. The molecule has 228 valence electrons. The molecule has 0 aliphatic carbocycles. The van der Waals surface area contributed by atoms with Crippen LogP contribution in [0.3, 0.4) is 0 Å². The quantitative estimate of drug-likeness (QED) is 0.178. The summed E-state index contributed by atoms with van der Waals surface area (Å²) in [7, 11) is 0. The highest BCUT2D eigenvalue weighted by Crippen LogP contribution is 2.47. The third-order valence-corrected chi connectivity index (χ3v) is 10.0. The molecule has 49 heavy (non-hydrogen) atoms. The molecule has 0 amide bonds. The Kier molecular flexibility index (Phi) is 6.25.